The Bertz CT molecular complexity index is 749. The third kappa shape index (κ3) is 5.49. The lowest BCUT2D eigenvalue weighted by Crippen LogP contribution is -2.15. The van der Waals surface area contributed by atoms with E-state index in [1.165, 1.54) is 50.2 Å². The number of ketones is 1. The second kappa shape index (κ2) is 9.08. The number of carbonyl (C=O) groups is 2. The first kappa shape index (κ1) is 18.8. The van der Waals surface area contributed by atoms with E-state index in [-0.39, 0.29) is 23.2 Å². The number of rotatable bonds is 8. The highest BCUT2D eigenvalue weighted by Gasteiger charge is 2.10. The molecular weight excluding hydrogens is 345 g/mol. The van der Waals surface area contributed by atoms with Crippen LogP contribution < -0.4 is 14.8 Å². The van der Waals surface area contributed by atoms with Gasteiger partial charge in [-0.2, -0.15) is 0 Å². The van der Waals surface area contributed by atoms with Gasteiger partial charge in [0.15, 0.2) is 17.3 Å². The summed E-state index contributed by atoms with van der Waals surface area (Å²) < 4.78 is 23.1. The van der Waals surface area contributed by atoms with Crippen LogP contribution in [-0.4, -0.2) is 37.4 Å². The fourth-order valence-corrected chi connectivity index (χ4v) is 2.78. The van der Waals surface area contributed by atoms with E-state index in [9.17, 15) is 14.0 Å². The number of anilines is 1. The third-order valence-electron chi connectivity index (χ3n) is 3.30. The van der Waals surface area contributed by atoms with Gasteiger partial charge in [0, 0.05) is 17.3 Å². The predicted molar refractivity (Wildman–Crippen MR) is 96.2 cm³/mol. The topological polar surface area (TPSA) is 64.6 Å². The van der Waals surface area contributed by atoms with Crippen molar-refractivity contribution in [3.63, 3.8) is 0 Å². The van der Waals surface area contributed by atoms with E-state index in [2.05, 4.69) is 5.32 Å². The Balaban J connectivity index is 1.82. The monoisotopic (exact) mass is 363 g/mol. The first-order valence-electron chi connectivity index (χ1n) is 7.42. The summed E-state index contributed by atoms with van der Waals surface area (Å²) in [6.07, 6.45) is 0. The molecule has 7 heteroatoms. The van der Waals surface area contributed by atoms with Crippen molar-refractivity contribution >= 4 is 29.1 Å². The van der Waals surface area contributed by atoms with Crippen molar-refractivity contribution < 1.29 is 23.5 Å². The number of amides is 1. The van der Waals surface area contributed by atoms with Crippen LogP contribution in [0.3, 0.4) is 0 Å². The quantitative estimate of drug-likeness (QED) is 0.728. The normalized spacial score (nSPS) is 10.2. The van der Waals surface area contributed by atoms with Gasteiger partial charge in [-0.1, -0.05) is 0 Å². The van der Waals surface area contributed by atoms with Gasteiger partial charge in [-0.3, -0.25) is 9.59 Å². The van der Waals surface area contributed by atoms with Crippen LogP contribution >= 0.6 is 11.8 Å². The molecule has 132 valence electrons. The molecule has 1 N–H and O–H groups in total. The molecule has 0 aromatic heterocycles. The van der Waals surface area contributed by atoms with Crippen molar-refractivity contribution in [2.24, 2.45) is 0 Å². The third-order valence-corrected chi connectivity index (χ3v) is 4.23. The molecule has 0 fully saturated rings. The zero-order valence-corrected chi connectivity index (χ0v) is 14.7. The van der Waals surface area contributed by atoms with Gasteiger partial charge in [0.1, 0.15) is 5.82 Å². The van der Waals surface area contributed by atoms with Crippen molar-refractivity contribution in [1.29, 1.82) is 0 Å². The zero-order chi connectivity index (χ0) is 18.2. The summed E-state index contributed by atoms with van der Waals surface area (Å²) in [5.41, 5.74) is 1.00. The summed E-state index contributed by atoms with van der Waals surface area (Å²) in [5, 5.41) is 2.73. The van der Waals surface area contributed by atoms with E-state index in [1.807, 2.05) is 0 Å². The van der Waals surface area contributed by atoms with Gasteiger partial charge in [-0.25, -0.2) is 4.39 Å². The molecule has 1 amide bonds. The summed E-state index contributed by atoms with van der Waals surface area (Å²) >= 11 is 1.19. The Morgan fingerprint density at radius 1 is 1.00 bits per heavy atom. The molecule has 0 heterocycles. The highest BCUT2D eigenvalue weighted by atomic mass is 32.2. The molecule has 0 saturated carbocycles. The molecule has 2 aromatic rings. The number of benzene rings is 2. The summed E-state index contributed by atoms with van der Waals surface area (Å²) in [6.45, 7) is 0. The van der Waals surface area contributed by atoms with Crippen molar-refractivity contribution in [2.45, 2.75) is 0 Å². The molecule has 0 spiro atoms. The van der Waals surface area contributed by atoms with Gasteiger partial charge in [-0.05, 0) is 36.4 Å². The first-order valence-corrected chi connectivity index (χ1v) is 8.57. The number of ether oxygens (including phenoxy) is 2. The van der Waals surface area contributed by atoms with Crippen LogP contribution in [0.1, 0.15) is 10.4 Å². The maximum Gasteiger partial charge on any atom is 0.234 e. The molecule has 0 unspecified atom stereocenters. The molecule has 0 bridgehead atoms. The standard InChI is InChI=1S/C18H18FNO4S/c1-23-16-8-7-14(9-17(16)24-2)20-18(22)11-25-10-15(21)12-3-5-13(19)6-4-12/h3-9H,10-11H2,1-2H3,(H,20,22). The Hall–Kier alpha value is -2.54. The molecule has 0 atom stereocenters. The largest absolute Gasteiger partial charge is 0.493 e. The Morgan fingerprint density at radius 3 is 2.32 bits per heavy atom. The summed E-state index contributed by atoms with van der Waals surface area (Å²) in [6, 6.07) is 10.4. The lowest BCUT2D eigenvalue weighted by atomic mass is 10.1. The van der Waals surface area contributed by atoms with Gasteiger partial charge >= 0.3 is 0 Å². The number of nitrogens with one attached hydrogen (secondary N) is 1. The van der Waals surface area contributed by atoms with Gasteiger partial charge in [0.25, 0.3) is 0 Å². The minimum absolute atomic E-state index is 0.126. The Labute approximate surface area is 149 Å². The van der Waals surface area contributed by atoms with Crippen LogP contribution in [0, 0.1) is 5.82 Å². The average Bonchev–Trinajstić information content (AvgIpc) is 2.62. The van der Waals surface area contributed by atoms with Crippen molar-refractivity contribution in [3.05, 3.63) is 53.8 Å². The van der Waals surface area contributed by atoms with Gasteiger partial charge in [0.2, 0.25) is 5.91 Å². The van der Waals surface area contributed by atoms with E-state index in [1.54, 1.807) is 18.2 Å². The number of hydrogen-bond donors (Lipinski definition) is 1. The van der Waals surface area contributed by atoms with E-state index in [4.69, 9.17) is 9.47 Å². The summed E-state index contributed by atoms with van der Waals surface area (Å²) in [5.74, 6) is 0.581. The number of methoxy groups -OCH3 is 2. The molecule has 0 saturated heterocycles. The lowest BCUT2D eigenvalue weighted by Gasteiger charge is -2.10. The van der Waals surface area contributed by atoms with Crippen LogP contribution in [0.4, 0.5) is 10.1 Å². The summed E-state index contributed by atoms with van der Waals surface area (Å²) in [7, 11) is 3.05. The highest BCUT2D eigenvalue weighted by molar-refractivity contribution is 8.00. The number of halogens is 1. The Morgan fingerprint density at radius 2 is 1.68 bits per heavy atom. The highest BCUT2D eigenvalue weighted by Crippen LogP contribution is 2.29. The van der Waals surface area contributed by atoms with Crippen LogP contribution in [-0.2, 0) is 4.79 Å². The number of Topliss-reactive ketones (excluding diaryl/α,β-unsaturated/α-hetero) is 1. The van der Waals surface area contributed by atoms with Gasteiger partial charge in [-0.15, -0.1) is 11.8 Å². The molecule has 0 aliphatic heterocycles. The van der Waals surface area contributed by atoms with Crippen molar-refractivity contribution in [1.82, 2.24) is 0 Å². The maximum atomic E-state index is 12.8. The molecule has 0 aliphatic rings. The lowest BCUT2D eigenvalue weighted by molar-refractivity contribution is -0.113. The van der Waals surface area contributed by atoms with E-state index >= 15 is 0 Å². The van der Waals surface area contributed by atoms with Crippen LogP contribution in [0.15, 0.2) is 42.5 Å². The second-order valence-electron chi connectivity index (χ2n) is 5.04. The SMILES string of the molecule is COc1ccc(NC(=O)CSCC(=O)c2ccc(F)cc2)cc1OC. The van der Waals surface area contributed by atoms with Crippen LogP contribution in [0.2, 0.25) is 0 Å². The fraction of sp³-hybridized carbons (Fsp3) is 0.222. The predicted octanol–water partition coefficient (Wildman–Crippen LogP) is 3.40. The van der Waals surface area contributed by atoms with Gasteiger partial charge in [0.05, 0.1) is 25.7 Å². The molecule has 0 aliphatic carbocycles. The zero-order valence-electron chi connectivity index (χ0n) is 13.9. The van der Waals surface area contributed by atoms with E-state index in [0.717, 1.165) is 0 Å². The minimum atomic E-state index is -0.390. The van der Waals surface area contributed by atoms with Gasteiger partial charge < -0.3 is 14.8 Å². The molecule has 2 aromatic carbocycles. The first-order chi connectivity index (χ1) is 12.0. The second-order valence-corrected chi connectivity index (χ2v) is 6.03. The van der Waals surface area contributed by atoms with Crippen LogP contribution in [0.25, 0.3) is 0 Å². The van der Waals surface area contributed by atoms with E-state index < -0.39 is 5.82 Å². The minimum Gasteiger partial charge on any atom is -0.493 e. The smallest absolute Gasteiger partial charge is 0.234 e. The fourth-order valence-electron chi connectivity index (χ4n) is 2.07. The average molecular weight is 363 g/mol. The van der Waals surface area contributed by atoms with Crippen molar-refractivity contribution in [3.8, 4) is 11.5 Å². The Kier molecular flexibility index (Phi) is 6.82. The maximum absolute atomic E-state index is 12.8. The summed E-state index contributed by atoms with van der Waals surface area (Å²) in [4.78, 5) is 23.9. The number of carbonyl (C=O) groups excluding carboxylic acids is 2. The number of hydrogen-bond acceptors (Lipinski definition) is 5. The molecule has 25 heavy (non-hydrogen) atoms. The number of thioether (sulfide) groups is 1. The molecule has 2 rings (SSSR count). The van der Waals surface area contributed by atoms with Crippen LogP contribution in [0.5, 0.6) is 11.5 Å². The molecule has 0 radical (unpaired) electrons. The molecule has 5 nitrogen and oxygen atoms in total. The van der Waals surface area contributed by atoms with Crippen molar-refractivity contribution in [2.75, 3.05) is 31.0 Å². The molecular formula is C18H18FNO4S. The van der Waals surface area contributed by atoms with E-state index in [0.29, 0.717) is 22.7 Å².